The number of fused-ring (bicyclic) bond motifs is 1. The van der Waals surface area contributed by atoms with Crippen molar-refractivity contribution in [2.24, 2.45) is 5.92 Å². The van der Waals surface area contributed by atoms with Crippen molar-refractivity contribution in [1.29, 1.82) is 0 Å². The van der Waals surface area contributed by atoms with E-state index in [1.165, 1.54) is 6.33 Å². The Balaban J connectivity index is 1.57. The van der Waals surface area contributed by atoms with Crippen molar-refractivity contribution in [3.05, 3.63) is 102 Å². The van der Waals surface area contributed by atoms with Crippen molar-refractivity contribution in [2.45, 2.75) is 83.7 Å². The number of carbonyl (C=O) groups is 4. The number of nitrogens with one attached hydrogen (secondary N) is 5. The molecule has 3 aromatic carbocycles. The van der Waals surface area contributed by atoms with Crippen LogP contribution in [0.5, 0.6) is 0 Å². The lowest BCUT2D eigenvalue weighted by Gasteiger charge is -2.28. The van der Waals surface area contributed by atoms with Crippen LogP contribution in [0.2, 0.25) is 0 Å². The van der Waals surface area contributed by atoms with Gasteiger partial charge in [0.15, 0.2) is 6.10 Å². The number of alkyl carbamates (subject to hydrolysis) is 1. The van der Waals surface area contributed by atoms with Gasteiger partial charge in [-0.05, 0) is 40.7 Å². The highest BCUT2D eigenvalue weighted by Gasteiger charge is 2.33. The molecule has 4 amide bonds. The number of ether oxygens (including phenoxy) is 1. The van der Waals surface area contributed by atoms with Crippen LogP contribution < -0.4 is 21.3 Å². The van der Waals surface area contributed by atoms with Crippen molar-refractivity contribution in [1.82, 2.24) is 31.2 Å². The standard InChI is InChI=1S/C38H48N6O6/c1-4-5-18-40-37(48)34(45)31(19-25(2)3)42-36(47)33(21-29-22-39-24-41-29)43-35(46)32(44-38(49)50-23-26-12-7-6-8-13-26)20-28-16-11-15-27-14-9-10-17-30(27)28/h6-17,22,24-25,31-34,45H,4-5,18-21,23H2,1-3H3,(H,39,41)(H,40,48)(H,42,47)(H,43,46)(H,44,49)/t31?,32-,33+,34?/m0/s1. The second kappa shape index (κ2) is 19.1. The maximum absolute atomic E-state index is 14.1. The molecule has 4 atom stereocenters. The van der Waals surface area contributed by atoms with Crippen LogP contribution in [-0.2, 0) is 38.6 Å². The number of H-pyrrole nitrogens is 1. The number of aromatic amines is 1. The summed E-state index contributed by atoms with van der Waals surface area (Å²) in [6, 6.07) is 19.5. The molecule has 50 heavy (non-hydrogen) atoms. The molecular formula is C38H48N6O6. The van der Waals surface area contributed by atoms with Gasteiger partial charge in [0, 0.05) is 31.3 Å². The minimum absolute atomic E-state index is 0.00568. The Morgan fingerprint density at radius 3 is 2.26 bits per heavy atom. The number of hydrogen-bond donors (Lipinski definition) is 6. The van der Waals surface area contributed by atoms with Crippen LogP contribution in [0, 0.1) is 5.92 Å². The first-order chi connectivity index (χ1) is 24.1. The van der Waals surface area contributed by atoms with Gasteiger partial charge in [-0.1, -0.05) is 100.0 Å². The van der Waals surface area contributed by atoms with Crippen molar-refractivity contribution in [3.63, 3.8) is 0 Å². The highest BCUT2D eigenvalue weighted by atomic mass is 16.5. The lowest BCUT2D eigenvalue weighted by Crippen LogP contribution is -2.58. The Bertz CT molecular complexity index is 1670. The van der Waals surface area contributed by atoms with E-state index in [9.17, 15) is 24.3 Å². The molecule has 0 fully saturated rings. The maximum Gasteiger partial charge on any atom is 0.408 e. The molecule has 0 saturated carbocycles. The second-order valence-electron chi connectivity index (χ2n) is 12.8. The van der Waals surface area contributed by atoms with E-state index in [0.29, 0.717) is 18.7 Å². The molecule has 0 radical (unpaired) electrons. The number of nitrogens with zero attached hydrogens (tertiary/aromatic N) is 1. The van der Waals surface area contributed by atoms with Crippen molar-refractivity contribution >= 4 is 34.6 Å². The lowest BCUT2D eigenvalue weighted by molar-refractivity contribution is -0.134. The summed E-state index contributed by atoms with van der Waals surface area (Å²) in [6.07, 6.45) is 2.80. The predicted octanol–water partition coefficient (Wildman–Crippen LogP) is 3.94. The second-order valence-corrected chi connectivity index (χ2v) is 12.8. The highest BCUT2D eigenvalue weighted by molar-refractivity contribution is 5.93. The lowest BCUT2D eigenvalue weighted by atomic mass is 9.97. The average Bonchev–Trinajstić information content (AvgIpc) is 3.63. The van der Waals surface area contributed by atoms with Gasteiger partial charge in [0.05, 0.1) is 12.4 Å². The Hall–Kier alpha value is -5.23. The number of benzene rings is 3. The fourth-order valence-electron chi connectivity index (χ4n) is 5.64. The zero-order chi connectivity index (χ0) is 35.9. The number of carbonyl (C=O) groups excluding carboxylic acids is 4. The van der Waals surface area contributed by atoms with Gasteiger partial charge in [-0.25, -0.2) is 9.78 Å². The minimum atomic E-state index is -1.50. The number of hydrogen-bond acceptors (Lipinski definition) is 7. The largest absolute Gasteiger partial charge is 0.445 e. The molecule has 4 aromatic rings. The van der Waals surface area contributed by atoms with E-state index < -0.39 is 48.0 Å². The van der Waals surface area contributed by atoms with E-state index in [-0.39, 0.29) is 25.4 Å². The van der Waals surface area contributed by atoms with Crippen molar-refractivity contribution in [2.75, 3.05) is 6.54 Å². The molecule has 0 spiro atoms. The van der Waals surface area contributed by atoms with Crippen LogP contribution in [0.15, 0.2) is 85.3 Å². The number of aliphatic hydroxyl groups is 1. The summed E-state index contributed by atoms with van der Waals surface area (Å²) in [6.45, 7) is 6.25. The number of amides is 4. The number of rotatable bonds is 18. The predicted molar refractivity (Wildman–Crippen MR) is 191 cm³/mol. The van der Waals surface area contributed by atoms with Gasteiger partial charge in [0.1, 0.15) is 18.7 Å². The summed E-state index contributed by atoms with van der Waals surface area (Å²) >= 11 is 0. The molecule has 2 unspecified atom stereocenters. The average molecular weight is 685 g/mol. The fraction of sp³-hybridized carbons (Fsp3) is 0.395. The molecule has 0 bridgehead atoms. The molecule has 12 heteroatoms. The van der Waals surface area contributed by atoms with Gasteiger partial charge >= 0.3 is 6.09 Å². The molecule has 0 aliphatic rings. The molecule has 4 rings (SSSR count). The van der Waals surface area contributed by atoms with Crippen LogP contribution in [0.1, 0.15) is 56.9 Å². The highest BCUT2D eigenvalue weighted by Crippen LogP contribution is 2.20. The smallest absolute Gasteiger partial charge is 0.408 e. The molecule has 0 aliphatic carbocycles. The summed E-state index contributed by atoms with van der Waals surface area (Å²) in [5.41, 5.74) is 2.17. The third-order valence-electron chi connectivity index (χ3n) is 8.27. The van der Waals surface area contributed by atoms with Crippen LogP contribution in [0.4, 0.5) is 4.79 Å². The monoisotopic (exact) mass is 684 g/mol. The summed E-state index contributed by atoms with van der Waals surface area (Å²) in [5.74, 6) is -1.76. The summed E-state index contributed by atoms with van der Waals surface area (Å²) in [7, 11) is 0. The molecule has 1 aromatic heterocycles. The Kier molecular flexibility index (Phi) is 14.3. The van der Waals surface area contributed by atoms with Gasteiger partial charge in [0.25, 0.3) is 5.91 Å². The van der Waals surface area contributed by atoms with Crippen LogP contribution >= 0.6 is 0 Å². The first-order valence-electron chi connectivity index (χ1n) is 17.1. The van der Waals surface area contributed by atoms with Gasteiger partial charge in [-0.2, -0.15) is 0 Å². The number of aliphatic hydroxyl groups excluding tert-OH is 1. The molecule has 12 nitrogen and oxygen atoms in total. The van der Waals surface area contributed by atoms with Crippen LogP contribution in [0.25, 0.3) is 10.8 Å². The number of imidazole rings is 1. The van der Waals surface area contributed by atoms with E-state index in [0.717, 1.165) is 34.7 Å². The molecule has 0 aliphatic heterocycles. The van der Waals surface area contributed by atoms with Gasteiger partial charge in [-0.3, -0.25) is 14.4 Å². The Morgan fingerprint density at radius 1 is 0.840 bits per heavy atom. The molecule has 6 N–H and O–H groups in total. The van der Waals surface area contributed by atoms with Crippen LogP contribution in [0.3, 0.4) is 0 Å². The van der Waals surface area contributed by atoms with Gasteiger partial charge in [0.2, 0.25) is 11.8 Å². The maximum atomic E-state index is 14.1. The first-order valence-corrected chi connectivity index (χ1v) is 17.1. The number of unbranched alkanes of at least 4 members (excludes halogenated alkanes) is 1. The Morgan fingerprint density at radius 2 is 1.54 bits per heavy atom. The van der Waals surface area contributed by atoms with Crippen molar-refractivity contribution in [3.8, 4) is 0 Å². The van der Waals surface area contributed by atoms with Gasteiger partial charge in [-0.15, -0.1) is 0 Å². The normalized spacial score (nSPS) is 13.5. The van der Waals surface area contributed by atoms with E-state index in [1.54, 1.807) is 6.20 Å². The molecule has 0 saturated heterocycles. The van der Waals surface area contributed by atoms with E-state index in [4.69, 9.17) is 4.74 Å². The zero-order valence-corrected chi connectivity index (χ0v) is 28.9. The molecular weight excluding hydrogens is 636 g/mol. The van der Waals surface area contributed by atoms with Crippen molar-refractivity contribution < 1.29 is 29.0 Å². The van der Waals surface area contributed by atoms with Gasteiger partial charge < -0.3 is 36.1 Å². The minimum Gasteiger partial charge on any atom is -0.445 e. The number of aromatic nitrogens is 2. The third kappa shape index (κ3) is 11.4. The molecule has 266 valence electrons. The summed E-state index contributed by atoms with van der Waals surface area (Å²) < 4.78 is 5.46. The molecule has 1 heterocycles. The van der Waals surface area contributed by atoms with Crippen LogP contribution in [-0.4, -0.2) is 69.7 Å². The van der Waals surface area contributed by atoms with E-state index in [2.05, 4.69) is 31.2 Å². The summed E-state index contributed by atoms with van der Waals surface area (Å²) in [4.78, 5) is 60.8. The quantitative estimate of drug-likeness (QED) is 0.0861. The first kappa shape index (κ1) is 37.6. The van der Waals surface area contributed by atoms with E-state index >= 15 is 0 Å². The van der Waals surface area contributed by atoms with E-state index in [1.807, 2.05) is 93.6 Å². The SMILES string of the molecule is CCCCNC(=O)C(O)C(CC(C)C)NC(=O)[C@@H](Cc1cnc[nH]1)NC(=O)[C@H](Cc1cccc2ccccc12)NC(=O)OCc1ccccc1. The summed E-state index contributed by atoms with van der Waals surface area (Å²) in [5, 5.41) is 23.9. The Labute approximate surface area is 292 Å². The fourth-order valence-corrected chi connectivity index (χ4v) is 5.64. The topological polar surface area (TPSA) is 175 Å². The third-order valence-corrected chi connectivity index (χ3v) is 8.27. The zero-order valence-electron chi connectivity index (χ0n) is 28.9.